The summed E-state index contributed by atoms with van der Waals surface area (Å²) in [6.07, 6.45) is 0. The van der Waals surface area contributed by atoms with Gasteiger partial charge >= 0.3 is 0 Å². The van der Waals surface area contributed by atoms with E-state index in [2.05, 4.69) is 20.9 Å². The van der Waals surface area contributed by atoms with Gasteiger partial charge in [0.25, 0.3) is 0 Å². The summed E-state index contributed by atoms with van der Waals surface area (Å²) >= 11 is 3.22. The molecular weight excluding hydrogens is 294 g/mol. The molecule has 1 aliphatic rings. The molecule has 0 spiro atoms. The van der Waals surface area contributed by atoms with Crippen molar-refractivity contribution in [3.8, 4) is 0 Å². The van der Waals surface area contributed by atoms with Crippen molar-refractivity contribution < 1.29 is 13.5 Å². The van der Waals surface area contributed by atoms with E-state index in [0.717, 1.165) is 0 Å². The highest BCUT2D eigenvalue weighted by atomic mass is 79.9. The second-order valence-corrected chi connectivity index (χ2v) is 4.80. The van der Waals surface area contributed by atoms with Crippen LogP contribution in [0.3, 0.4) is 0 Å². The molecule has 2 N–H and O–H groups in total. The first-order valence-corrected chi connectivity index (χ1v) is 5.80. The topological polar surface area (TPSA) is 47.6 Å². The first-order valence-electron chi connectivity index (χ1n) is 5.01. The summed E-state index contributed by atoms with van der Waals surface area (Å²) < 4.78 is 32.9. The summed E-state index contributed by atoms with van der Waals surface area (Å²) in [6, 6.07) is 4.30. The summed E-state index contributed by atoms with van der Waals surface area (Å²) in [4.78, 5) is 4.04. The zero-order valence-corrected chi connectivity index (χ0v) is 10.5. The second-order valence-electron chi connectivity index (χ2n) is 3.89. The van der Waals surface area contributed by atoms with E-state index in [4.69, 9.17) is 10.5 Å². The molecule has 2 rings (SSSR count). The van der Waals surface area contributed by atoms with Crippen LogP contribution in [0.1, 0.15) is 5.56 Å². The van der Waals surface area contributed by atoms with Crippen LogP contribution in [0.2, 0.25) is 0 Å². The third kappa shape index (κ3) is 2.32. The molecule has 92 valence electrons. The molecular formula is C11H11BrF2N2O. The predicted octanol–water partition coefficient (Wildman–Crippen LogP) is 2.14. The van der Waals surface area contributed by atoms with Gasteiger partial charge in [-0.2, -0.15) is 0 Å². The van der Waals surface area contributed by atoms with E-state index in [1.807, 2.05) is 0 Å². The number of nitrogens with two attached hydrogens (primary N) is 1. The van der Waals surface area contributed by atoms with Gasteiger partial charge in [0.15, 0.2) is 0 Å². The number of rotatable bonds is 2. The van der Waals surface area contributed by atoms with Crippen LogP contribution in [0.4, 0.5) is 8.78 Å². The lowest BCUT2D eigenvalue weighted by Crippen LogP contribution is -2.41. The zero-order valence-electron chi connectivity index (χ0n) is 8.92. The van der Waals surface area contributed by atoms with Crippen molar-refractivity contribution in [2.45, 2.75) is 5.54 Å². The molecule has 1 aromatic rings. The Labute approximate surface area is 106 Å². The van der Waals surface area contributed by atoms with Crippen LogP contribution in [0.15, 0.2) is 27.7 Å². The molecule has 1 heterocycles. The average Bonchev–Trinajstić information content (AvgIpc) is 2.32. The predicted molar refractivity (Wildman–Crippen MR) is 64.2 cm³/mol. The lowest BCUT2D eigenvalue weighted by Gasteiger charge is -2.31. The maximum Gasteiger partial charge on any atom is 0.142 e. The fourth-order valence-corrected chi connectivity index (χ4v) is 2.16. The number of benzene rings is 1. The van der Waals surface area contributed by atoms with E-state index in [-0.39, 0.29) is 24.6 Å². The van der Waals surface area contributed by atoms with Crippen molar-refractivity contribution >= 4 is 21.8 Å². The normalized spacial score (nSPS) is 24.5. The minimum absolute atomic E-state index is 0.0163. The van der Waals surface area contributed by atoms with E-state index in [0.29, 0.717) is 4.47 Å². The van der Waals surface area contributed by atoms with Gasteiger partial charge in [-0.1, -0.05) is 15.9 Å². The van der Waals surface area contributed by atoms with Gasteiger partial charge in [0.1, 0.15) is 30.5 Å². The minimum Gasteiger partial charge on any atom is -0.385 e. The highest BCUT2D eigenvalue weighted by molar-refractivity contribution is 9.10. The smallest absolute Gasteiger partial charge is 0.142 e. The van der Waals surface area contributed by atoms with Crippen LogP contribution in [0.5, 0.6) is 0 Å². The van der Waals surface area contributed by atoms with Gasteiger partial charge < -0.3 is 10.5 Å². The Kier molecular flexibility index (Phi) is 3.44. The van der Waals surface area contributed by atoms with E-state index >= 15 is 0 Å². The first-order chi connectivity index (χ1) is 8.07. The fraction of sp³-hybridized carbons (Fsp3) is 0.364. The van der Waals surface area contributed by atoms with Crippen LogP contribution in [0, 0.1) is 5.82 Å². The third-order valence-corrected chi connectivity index (χ3v) is 3.09. The Bertz CT molecular complexity index is 467. The third-order valence-electron chi connectivity index (χ3n) is 2.60. The van der Waals surface area contributed by atoms with E-state index in [9.17, 15) is 8.78 Å². The number of hydrogen-bond donors (Lipinski definition) is 1. The second kappa shape index (κ2) is 4.70. The standard InChI is InChI=1S/C11H11BrF2N2O/c12-7-1-2-9(14)8(3-7)11(5-13)6-17-4-10(15)16-11/h1-3H,4-6H2,(H2,15,16)/t11-/m1/s1. The number of halogens is 3. The van der Waals surface area contributed by atoms with Crippen molar-refractivity contribution in [1.82, 2.24) is 0 Å². The van der Waals surface area contributed by atoms with Crippen molar-refractivity contribution in [2.24, 2.45) is 10.7 Å². The van der Waals surface area contributed by atoms with E-state index < -0.39 is 18.0 Å². The van der Waals surface area contributed by atoms with Gasteiger partial charge in [-0.05, 0) is 18.2 Å². The molecule has 3 nitrogen and oxygen atoms in total. The summed E-state index contributed by atoms with van der Waals surface area (Å²) in [7, 11) is 0. The van der Waals surface area contributed by atoms with Crippen molar-refractivity contribution in [3.63, 3.8) is 0 Å². The summed E-state index contributed by atoms with van der Waals surface area (Å²) in [5.41, 5.74) is 4.32. The van der Waals surface area contributed by atoms with Crippen molar-refractivity contribution in [3.05, 3.63) is 34.1 Å². The molecule has 0 bridgehead atoms. The Balaban J connectivity index is 2.54. The number of aliphatic imine (C=N–C) groups is 1. The largest absolute Gasteiger partial charge is 0.385 e. The number of ether oxygens (including phenoxy) is 1. The molecule has 0 saturated carbocycles. The van der Waals surface area contributed by atoms with Crippen molar-refractivity contribution in [1.29, 1.82) is 0 Å². The molecule has 0 aliphatic carbocycles. The van der Waals surface area contributed by atoms with Crippen LogP contribution in [0.25, 0.3) is 0 Å². The zero-order chi connectivity index (χ0) is 12.5. The summed E-state index contributed by atoms with van der Waals surface area (Å²) in [6.45, 7) is -0.726. The SMILES string of the molecule is NC1=N[C@@](CF)(c2cc(Br)ccc2F)COC1. The molecule has 0 radical (unpaired) electrons. The number of nitrogens with zero attached hydrogens (tertiary/aromatic N) is 1. The van der Waals surface area contributed by atoms with Gasteiger partial charge in [0, 0.05) is 10.0 Å². The monoisotopic (exact) mass is 304 g/mol. The molecule has 6 heteroatoms. The molecule has 0 amide bonds. The molecule has 1 aromatic carbocycles. The molecule has 0 saturated heterocycles. The lowest BCUT2D eigenvalue weighted by atomic mass is 9.91. The lowest BCUT2D eigenvalue weighted by molar-refractivity contribution is 0.0808. The van der Waals surface area contributed by atoms with Gasteiger partial charge in [0.05, 0.1) is 6.61 Å². The quantitative estimate of drug-likeness (QED) is 0.910. The highest BCUT2D eigenvalue weighted by Gasteiger charge is 2.38. The highest BCUT2D eigenvalue weighted by Crippen LogP contribution is 2.33. The van der Waals surface area contributed by atoms with Crippen LogP contribution >= 0.6 is 15.9 Å². The van der Waals surface area contributed by atoms with Gasteiger partial charge in [0.2, 0.25) is 0 Å². The summed E-state index contributed by atoms with van der Waals surface area (Å²) in [5.74, 6) is -0.346. The van der Waals surface area contributed by atoms with Crippen LogP contribution in [-0.2, 0) is 10.3 Å². The maximum absolute atomic E-state index is 13.8. The summed E-state index contributed by atoms with van der Waals surface area (Å²) in [5, 5.41) is 0. The minimum atomic E-state index is -1.36. The van der Waals surface area contributed by atoms with E-state index in [1.165, 1.54) is 12.1 Å². The fourth-order valence-electron chi connectivity index (χ4n) is 1.80. The van der Waals surface area contributed by atoms with Crippen LogP contribution < -0.4 is 5.73 Å². The van der Waals surface area contributed by atoms with Crippen molar-refractivity contribution in [2.75, 3.05) is 19.9 Å². The van der Waals surface area contributed by atoms with Crippen LogP contribution in [-0.4, -0.2) is 25.7 Å². The molecule has 0 fully saturated rings. The van der Waals surface area contributed by atoms with E-state index in [1.54, 1.807) is 6.07 Å². The average molecular weight is 305 g/mol. The Hall–Kier alpha value is -1.01. The molecule has 1 atom stereocenters. The molecule has 17 heavy (non-hydrogen) atoms. The number of alkyl halides is 1. The molecule has 0 aromatic heterocycles. The Morgan fingerprint density at radius 2 is 2.29 bits per heavy atom. The van der Waals surface area contributed by atoms with Gasteiger partial charge in [-0.25, -0.2) is 8.78 Å². The molecule has 0 unspecified atom stereocenters. The molecule has 1 aliphatic heterocycles. The first kappa shape index (κ1) is 12.4. The Morgan fingerprint density at radius 1 is 1.53 bits per heavy atom. The maximum atomic E-state index is 13.8. The Morgan fingerprint density at radius 3 is 2.94 bits per heavy atom. The number of amidine groups is 1. The van der Waals surface area contributed by atoms with Gasteiger partial charge in [-0.3, -0.25) is 4.99 Å². The van der Waals surface area contributed by atoms with Gasteiger partial charge in [-0.15, -0.1) is 0 Å². The number of hydrogen-bond acceptors (Lipinski definition) is 3.